The van der Waals surface area contributed by atoms with Crippen molar-refractivity contribution in [2.24, 2.45) is 29.6 Å². The van der Waals surface area contributed by atoms with Crippen LogP contribution in [0, 0.1) is 29.6 Å². The standard InChI is InChI=1S/C34H63N5O9/c1-17(2)12-23(37-33(47)31(21(9)10)39-34(48)30(20(7)8)38-27(42)14-19(5)6)25(40)15-28(43)35-22(11)32(46)36-24(13-18(3)4)26(41)16-29(44)45/h17-26,30-31,40-41H,12-16H2,1-11H3,(H,35,43)(H,36,46)(H,37,47)(H,38,42)(H,39,48)(H,44,45)/t22-,23+,24-,25-,26+,30-,31+/m0/s1. The third-order valence-corrected chi connectivity index (χ3v) is 7.69. The maximum absolute atomic E-state index is 13.5. The first kappa shape index (κ1) is 44.7. The molecule has 7 atom stereocenters. The highest BCUT2D eigenvalue weighted by molar-refractivity contribution is 5.92. The van der Waals surface area contributed by atoms with Gasteiger partial charge in [0.1, 0.15) is 18.1 Å². The van der Waals surface area contributed by atoms with Crippen LogP contribution in [0.25, 0.3) is 0 Å². The largest absolute Gasteiger partial charge is 0.481 e. The monoisotopic (exact) mass is 685 g/mol. The fourth-order valence-electron chi connectivity index (χ4n) is 5.16. The van der Waals surface area contributed by atoms with Gasteiger partial charge in [-0.2, -0.15) is 0 Å². The van der Waals surface area contributed by atoms with Crippen molar-refractivity contribution >= 4 is 35.5 Å². The lowest BCUT2D eigenvalue weighted by molar-refractivity contribution is -0.140. The van der Waals surface area contributed by atoms with E-state index in [1.54, 1.807) is 27.7 Å². The van der Waals surface area contributed by atoms with E-state index in [2.05, 4.69) is 26.6 Å². The molecule has 0 aromatic rings. The second-order valence-electron chi connectivity index (χ2n) is 14.8. The Bertz CT molecular complexity index is 1060. The molecular weight excluding hydrogens is 622 g/mol. The van der Waals surface area contributed by atoms with Gasteiger partial charge in [-0.25, -0.2) is 0 Å². The van der Waals surface area contributed by atoms with Gasteiger partial charge >= 0.3 is 5.97 Å². The molecule has 0 aliphatic heterocycles. The minimum absolute atomic E-state index is 0.0152. The fraction of sp³-hybridized carbons (Fsp3) is 0.824. The normalized spacial score (nSPS) is 16.1. The van der Waals surface area contributed by atoms with Crippen LogP contribution in [0.3, 0.4) is 0 Å². The predicted molar refractivity (Wildman–Crippen MR) is 182 cm³/mol. The van der Waals surface area contributed by atoms with E-state index in [0.717, 1.165) is 0 Å². The first-order valence-corrected chi connectivity index (χ1v) is 17.1. The summed E-state index contributed by atoms with van der Waals surface area (Å²) in [7, 11) is 0. The zero-order valence-corrected chi connectivity index (χ0v) is 30.8. The predicted octanol–water partition coefficient (Wildman–Crippen LogP) is 1.47. The van der Waals surface area contributed by atoms with Gasteiger partial charge in [0.05, 0.1) is 37.1 Å². The number of aliphatic hydroxyl groups excluding tert-OH is 2. The molecule has 48 heavy (non-hydrogen) atoms. The molecule has 8 N–H and O–H groups in total. The van der Waals surface area contributed by atoms with Gasteiger partial charge in [-0.3, -0.25) is 28.8 Å². The Hall–Kier alpha value is -3.26. The number of carbonyl (C=O) groups excluding carboxylic acids is 5. The number of aliphatic hydroxyl groups is 2. The van der Waals surface area contributed by atoms with E-state index in [9.17, 15) is 39.0 Å². The SMILES string of the molecule is CC(C)CC(=O)N[C@H](C(=O)N[C@@H](C(=O)N[C@H](CC(C)C)[C@@H](O)CC(=O)N[C@@H](C)C(=O)N[C@@H](CC(C)C)[C@H](O)CC(=O)O)C(C)C)C(C)C. The second-order valence-corrected chi connectivity index (χ2v) is 14.8. The Kier molecular flexibility index (Phi) is 20.2. The van der Waals surface area contributed by atoms with E-state index < -0.39 is 84.9 Å². The van der Waals surface area contributed by atoms with Gasteiger partial charge in [0.2, 0.25) is 29.5 Å². The van der Waals surface area contributed by atoms with Crippen molar-refractivity contribution in [2.45, 2.75) is 151 Å². The van der Waals surface area contributed by atoms with Crippen molar-refractivity contribution < 1.29 is 44.1 Å². The molecular formula is C34H63N5O9. The fourth-order valence-corrected chi connectivity index (χ4v) is 5.16. The lowest BCUT2D eigenvalue weighted by Crippen LogP contribution is -2.59. The maximum Gasteiger partial charge on any atom is 0.306 e. The third-order valence-electron chi connectivity index (χ3n) is 7.69. The van der Waals surface area contributed by atoms with Gasteiger partial charge in [-0.15, -0.1) is 0 Å². The van der Waals surface area contributed by atoms with Gasteiger partial charge < -0.3 is 41.9 Å². The first-order chi connectivity index (χ1) is 22.0. The highest BCUT2D eigenvalue weighted by atomic mass is 16.4. The zero-order valence-electron chi connectivity index (χ0n) is 30.8. The van der Waals surface area contributed by atoms with Crippen LogP contribution in [0.5, 0.6) is 0 Å². The van der Waals surface area contributed by atoms with E-state index >= 15 is 0 Å². The molecule has 0 saturated carbocycles. The summed E-state index contributed by atoms with van der Waals surface area (Å²) in [4.78, 5) is 75.9. The lowest BCUT2D eigenvalue weighted by Gasteiger charge is -2.31. The van der Waals surface area contributed by atoms with Gasteiger partial charge in [-0.05, 0) is 49.4 Å². The summed E-state index contributed by atoms with van der Waals surface area (Å²) in [6.07, 6.45) is -2.76. The first-order valence-electron chi connectivity index (χ1n) is 17.1. The molecule has 0 bridgehead atoms. The van der Waals surface area contributed by atoms with E-state index in [-0.39, 0.29) is 41.9 Å². The van der Waals surface area contributed by atoms with Crippen molar-refractivity contribution in [1.82, 2.24) is 26.6 Å². The number of carboxylic acids is 1. The van der Waals surface area contributed by atoms with Crippen LogP contribution >= 0.6 is 0 Å². The molecule has 0 aliphatic rings. The van der Waals surface area contributed by atoms with Crippen molar-refractivity contribution in [3.63, 3.8) is 0 Å². The molecule has 0 aliphatic carbocycles. The molecule has 0 unspecified atom stereocenters. The minimum Gasteiger partial charge on any atom is -0.481 e. The van der Waals surface area contributed by atoms with Gasteiger partial charge in [-0.1, -0.05) is 69.2 Å². The topological polar surface area (TPSA) is 223 Å². The number of hydrogen-bond acceptors (Lipinski definition) is 8. The number of carboxylic acid groups (broad SMARTS) is 1. The second kappa shape index (κ2) is 21.7. The van der Waals surface area contributed by atoms with Crippen molar-refractivity contribution in [3.8, 4) is 0 Å². The van der Waals surface area contributed by atoms with Gasteiger partial charge in [0.15, 0.2) is 0 Å². The molecule has 0 aromatic carbocycles. The third kappa shape index (κ3) is 17.8. The molecule has 278 valence electrons. The molecule has 5 amide bonds. The Morgan fingerprint density at radius 3 is 1.29 bits per heavy atom. The average Bonchev–Trinajstić information content (AvgIpc) is 2.91. The molecule has 0 rings (SSSR count). The van der Waals surface area contributed by atoms with Crippen LogP contribution in [0.15, 0.2) is 0 Å². The summed E-state index contributed by atoms with van der Waals surface area (Å²) in [6, 6.07) is -4.61. The number of rotatable bonds is 22. The van der Waals surface area contributed by atoms with Crippen LogP contribution in [0.2, 0.25) is 0 Å². The number of nitrogens with one attached hydrogen (secondary N) is 5. The summed E-state index contributed by atoms with van der Waals surface area (Å²) < 4.78 is 0. The molecule has 0 radical (unpaired) electrons. The van der Waals surface area contributed by atoms with Crippen LogP contribution in [0.4, 0.5) is 0 Å². The molecule has 0 fully saturated rings. The zero-order chi connectivity index (χ0) is 37.5. The maximum atomic E-state index is 13.5. The van der Waals surface area contributed by atoms with Crippen LogP contribution < -0.4 is 26.6 Å². The van der Waals surface area contributed by atoms with E-state index in [1.165, 1.54) is 6.92 Å². The van der Waals surface area contributed by atoms with Crippen LogP contribution in [0.1, 0.15) is 108 Å². The Labute approximate surface area is 286 Å². The van der Waals surface area contributed by atoms with Crippen molar-refractivity contribution in [1.29, 1.82) is 0 Å². The number of carbonyl (C=O) groups is 6. The summed E-state index contributed by atoms with van der Waals surface area (Å²) in [5.74, 6) is -4.25. The quantitative estimate of drug-likeness (QED) is 0.0825. The van der Waals surface area contributed by atoms with Gasteiger partial charge in [0.25, 0.3) is 0 Å². The van der Waals surface area contributed by atoms with E-state index in [4.69, 9.17) is 5.11 Å². The average molecular weight is 686 g/mol. The van der Waals surface area contributed by atoms with Crippen LogP contribution in [-0.2, 0) is 28.8 Å². The number of amides is 5. The molecule has 0 heterocycles. The molecule has 0 saturated heterocycles. The van der Waals surface area contributed by atoms with Crippen LogP contribution in [-0.4, -0.2) is 93.2 Å². The summed E-state index contributed by atoms with van der Waals surface area (Å²) >= 11 is 0. The van der Waals surface area contributed by atoms with Gasteiger partial charge in [0, 0.05) is 6.42 Å². The summed E-state index contributed by atoms with van der Waals surface area (Å²) in [5.41, 5.74) is 0. The minimum atomic E-state index is -1.33. The van der Waals surface area contributed by atoms with E-state index in [0.29, 0.717) is 12.8 Å². The molecule has 14 nitrogen and oxygen atoms in total. The number of aliphatic carboxylic acids is 1. The molecule has 14 heteroatoms. The summed E-state index contributed by atoms with van der Waals surface area (Å²) in [6.45, 7) is 19.8. The lowest BCUT2D eigenvalue weighted by atomic mass is 9.95. The highest BCUT2D eigenvalue weighted by Gasteiger charge is 2.34. The smallest absolute Gasteiger partial charge is 0.306 e. The number of hydrogen-bond donors (Lipinski definition) is 8. The van der Waals surface area contributed by atoms with Crippen molar-refractivity contribution in [3.05, 3.63) is 0 Å². The Morgan fingerprint density at radius 1 is 0.479 bits per heavy atom. The van der Waals surface area contributed by atoms with E-state index in [1.807, 2.05) is 41.5 Å². The highest BCUT2D eigenvalue weighted by Crippen LogP contribution is 2.15. The molecule has 0 aromatic heterocycles. The van der Waals surface area contributed by atoms with Crippen molar-refractivity contribution in [2.75, 3.05) is 0 Å². The molecule has 0 spiro atoms. The Balaban J connectivity index is 5.60. The Morgan fingerprint density at radius 2 is 0.875 bits per heavy atom. The summed E-state index contributed by atoms with van der Waals surface area (Å²) in [5, 5.41) is 43.9.